The van der Waals surface area contributed by atoms with Gasteiger partial charge in [-0.15, -0.1) is 0 Å². The number of hydrogen-bond acceptors (Lipinski definition) is 3. The minimum absolute atomic E-state index is 0.0116. The normalized spacial score (nSPS) is 29.0. The molecule has 2 fully saturated rings. The van der Waals surface area contributed by atoms with Gasteiger partial charge in [0.1, 0.15) is 0 Å². The van der Waals surface area contributed by atoms with Crippen molar-refractivity contribution in [3.63, 3.8) is 0 Å². The predicted molar refractivity (Wildman–Crippen MR) is 75.9 cm³/mol. The molecule has 1 atom stereocenters. The van der Waals surface area contributed by atoms with Crippen molar-refractivity contribution in [1.82, 2.24) is 10.2 Å². The SMILES string of the molecule is CC1CNC2(CCCC2)CN1CCOC(C)(C)C. The number of hydrogen-bond donors (Lipinski definition) is 1. The van der Waals surface area contributed by atoms with Crippen LogP contribution in [0.4, 0.5) is 0 Å². The highest BCUT2D eigenvalue weighted by molar-refractivity contribution is 5.00. The molecule has 1 saturated carbocycles. The smallest absolute Gasteiger partial charge is 0.0600 e. The minimum atomic E-state index is -0.0116. The summed E-state index contributed by atoms with van der Waals surface area (Å²) in [6, 6.07) is 0.639. The third-order valence-electron chi connectivity index (χ3n) is 4.38. The molecule has 1 spiro atoms. The Kier molecular flexibility index (Phi) is 4.35. The zero-order valence-electron chi connectivity index (χ0n) is 12.6. The summed E-state index contributed by atoms with van der Waals surface area (Å²) in [4.78, 5) is 2.62. The van der Waals surface area contributed by atoms with Crippen molar-refractivity contribution in [2.75, 3.05) is 26.2 Å². The first-order chi connectivity index (χ1) is 8.40. The molecule has 1 unspecified atom stereocenters. The summed E-state index contributed by atoms with van der Waals surface area (Å²) < 4.78 is 5.87. The second-order valence-corrected chi connectivity index (χ2v) is 7.15. The van der Waals surface area contributed by atoms with E-state index < -0.39 is 0 Å². The molecular formula is C15H30N2O. The predicted octanol–water partition coefficient (Wildman–Crippen LogP) is 2.41. The summed E-state index contributed by atoms with van der Waals surface area (Å²) >= 11 is 0. The monoisotopic (exact) mass is 254 g/mol. The van der Waals surface area contributed by atoms with Gasteiger partial charge in [-0.2, -0.15) is 0 Å². The molecule has 0 aromatic heterocycles. The van der Waals surface area contributed by atoms with E-state index in [1.807, 2.05) is 0 Å². The van der Waals surface area contributed by atoms with Gasteiger partial charge >= 0.3 is 0 Å². The van der Waals surface area contributed by atoms with Gasteiger partial charge in [0.2, 0.25) is 0 Å². The van der Waals surface area contributed by atoms with Crippen molar-refractivity contribution < 1.29 is 4.74 Å². The molecule has 18 heavy (non-hydrogen) atoms. The van der Waals surface area contributed by atoms with Crippen LogP contribution in [-0.2, 0) is 4.74 Å². The molecule has 1 N–H and O–H groups in total. The third kappa shape index (κ3) is 3.69. The Morgan fingerprint density at radius 3 is 2.56 bits per heavy atom. The lowest BCUT2D eigenvalue weighted by Crippen LogP contribution is -2.62. The van der Waals surface area contributed by atoms with Crippen LogP contribution in [0, 0.1) is 0 Å². The van der Waals surface area contributed by atoms with Gasteiger partial charge in [0.25, 0.3) is 0 Å². The van der Waals surface area contributed by atoms with Gasteiger partial charge in [-0.3, -0.25) is 4.90 Å². The Balaban J connectivity index is 1.82. The Labute approximate surface area is 112 Å². The second-order valence-electron chi connectivity index (χ2n) is 7.15. The maximum atomic E-state index is 5.87. The number of nitrogens with one attached hydrogen (secondary N) is 1. The first kappa shape index (κ1) is 14.3. The first-order valence-corrected chi connectivity index (χ1v) is 7.53. The van der Waals surface area contributed by atoms with Crippen molar-refractivity contribution in [3.05, 3.63) is 0 Å². The quantitative estimate of drug-likeness (QED) is 0.837. The fourth-order valence-corrected chi connectivity index (χ4v) is 3.25. The first-order valence-electron chi connectivity index (χ1n) is 7.53. The highest BCUT2D eigenvalue weighted by Gasteiger charge is 2.39. The van der Waals surface area contributed by atoms with Crippen molar-refractivity contribution in [3.8, 4) is 0 Å². The molecule has 2 aliphatic rings. The van der Waals surface area contributed by atoms with E-state index in [0.29, 0.717) is 11.6 Å². The molecular weight excluding hydrogens is 224 g/mol. The Bertz CT molecular complexity index is 266. The van der Waals surface area contributed by atoms with Crippen LogP contribution in [-0.4, -0.2) is 48.3 Å². The van der Waals surface area contributed by atoms with Gasteiger partial charge in [-0.1, -0.05) is 12.8 Å². The largest absolute Gasteiger partial charge is 0.375 e. The molecule has 3 heteroatoms. The molecule has 0 aromatic carbocycles. The van der Waals surface area contributed by atoms with Crippen LogP contribution in [0.25, 0.3) is 0 Å². The number of ether oxygens (including phenoxy) is 1. The van der Waals surface area contributed by atoms with Gasteiger partial charge in [-0.05, 0) is 40.5 Å². The third-order valence-corrected chi connectivity index (χ3v) is 4.38. The Morgan fingerprint density at radius 2 is 1.94 bits per heavy atom. The lowest BCUT2D eigenvalue weighted by Gasteiger charge is -2.45. The van der Waals surface area contributed by atoms with Crippen LogP contribution in [0.2, 0.25) is 0 Å². The van der Waals surface area contributed by atoms with E-state index in [1.54, 1.807) is 0 Å². The molecule has 1 aliphatic heterocycles. The number of nitrogens with zero attached hydrogens (tertiary/aromatic N) is 1. The lowest BCUT2D eigenvalue weighted by atomic mass is 9.92. The van der Waals surface area contributed by atoms with Gasteiger partial charge < -0.3 is 10.1 Å². The van der Waals surface area contributed by atoms with Crippen LogP contribution >= 0.6 is 0 Å². The standard InChI is InChI=1S/C15H30N2O/c1-13-11-16-15(7-5-6-8-15)12-17(13)9-10-18-14(2,3)4/h13,16H,5-12H2,1-4H3. The van der Waals surface area contributed by atoms with Crippen molar-refractivity contribution in [2.24, 2.45) is 0 Å². The average Bonchev–Trinajstić information content (AvgIpc) is 2.71. The Hall–Kier alpha value is -0.120. The molecule has 0 bridgehead atoms. The molecule has 1 aliphatic carbocycles. The minimum Gasteiger partial charge on any atom is -0.375 e. The van der Waals surface area contributed by atoms with Crippen LogP contribution in [0.3, 0.4) is 0 Å². The lowest BCUT2D eigenvalue weighted by molar-refractivity contribution is -0.0258. The van der Waals surface area contributed by atoms with E-state index in [-0.39, 0.29) is 5.60 Å². The summed E-state index contributed by atoms with van der Waals surface area (Å²) in [7, 11) is 0. The van der Waals surface area contributed by atoms with Crippen molar-refractivity contribution in [1.29, 1.82) is 0 Å². The average molecular weight is 254 g/mol. The van der Waals surface area contributed by atoms with E-state index in [0.717, 1.165) is 19.7 Å². The van der Waals surface area contributed by atoms with Crippen molar-refractivity contribution in [2.45, 2.75) is 70.6 Å². The summed E-state index contributed by atoms with van der Waals surface area (Å²) in [5, 5.41) is 3.80. The molecule has 3 nitrogen and oxygen atoms in total. The zero-order valence-corrected chi connectivity index (χ0v) is 12.6. The maximum Gasteiger partial charge on any atom is 0.0600 e. The molecule has 1 heterocycles. The topological polar surface area (TPSA) is 24.5 Å². The summed E-state index contributed by atoms with van der Waals surface area (Å²) in [5.41, 5.74) is 0.413. The van der Waals surface area contributed by atoms with Crippen molar-refractivity contribution >= 4 is 0 Å². The van der Waals surface area contributed by atoms with Gasteiger partial charge in [0, 0.05) is 31.2 Å². The van der Waals surface area contributed by atoms with Crippen LogP contribution in [0.15, 0.2) is 0 Å². The highest BCUT2D eigenvalue weighted by atomic mass is 16.5. The van der Waals surface area contributed by atoms with E-state index in [2.05, 4.69) is 37.9 Å². The molecule has 0 radical (unpaired) electrons. The fourth-order valence-electron chi connectivity index (χ4n) is 3.25. The fraction of sp³-hybridized carbons (Fsp3) is 1.00. The molecule has 106 valence electrons. The summed E-state index contributed by atoms with van der Waals surface area (Å²) in [5.74, 6) is 0. The van der Waals surface area contributed by atoms with E-state index >= 15 is 0 Å². The highest BCUT2D eigenvalue weighted by Crippen LogP contribution is 2.33. The maximum absolute atomic E-state index is 5.87. The molecule has 0 amide bonds. The van der Waals surface area contributed by atoms with Crippen LogP contribution < -0.4 is 5.32 Å². The molecule has 2 rings (SSSR count). The van der Waals surface area contributed by atoms with E-state index in [4.69, 9.17) is 4.74 Å². The van der Waals surface area contributed by atoms with E-state index in [1.165, 1.54) is 32.2 Å². The summed E-state index contributed by atoms with van der Waals surface area (Å²) in [6.45, 7) is 13.0. The van der Waals surface area contributed by atoms with Gasteiger partial charge in [-0.25, -0.2) is 0 Å². The summed E-state index contributed by atoms with van der Waals surface area (Å²) in [6.07, 6.45) is 5.51. The molecule has 0 aromatic rings. The second kappa shape index (κ2) is 5.48. The van der Waals surface area contributed by atoms with Crippen LogP contribution in [0.5, 0.6) is 0 Å². The number of piperazine rings is 1. The zero-order chi connectivity index (χ0) is 13.2. The van der Waals surface area contributed by atoms with Gasteiger partial charge in [0.15, 0.2) is 0 Å². The molecule has 1 saturated heterocycles. The van der Waals surface area contributed by atoms with Gasteiger partial charge in [0.05, 0.1) is 12.2 Å². The number of rotatable bonds is 3. The van der Waals surface area contributed by atoms with Crippen LogP contribution in [0.1, 0.15) is 53.4 Å². The Morgan fingerprint density at radius 1 is 1.28 bits per heavy atom. The van der Waals surface area contributed by atoms with E-state index in [9.17, 15) is 0 Å².